The van der Waals surface area contributed by atoms with Gasteiger partial charge in [0.25, 0.3) is 0 Å². The van der Waals surface area contributed by atoms with Gasteiger partial charge in [-0.3, -0.25) is 9.59 Å². The fourth-order valence-electron chi connectivity index (χ4n) is 7.25. The lowest BCUT2D eigenvalue weighted by Crippen LogP contribution is -2.56. The number of carbonyl (C=O) groups excluding carboxylic acids is 3. The third kappa shape index (κ3) is 8.24. The summed E-state index contributed by atoms with van der Waals surface area (Å²) < 4.78 is 36.8. The molecule has 1 aromatic heterocycles. The summed E-state index contributed by atoms with van der Waals surface area (Å²) in [6, 6.07) is 0. The van der Waals surface area contributed by atoms with Crippen LogP contribution in [0.1, 0.15) is 60.1 Å². The van der Waals surface area contributed by atoms with Crippen molar-refractivity contribution in [1.29, 1.82) is 0 Å². The summed E-state index contributed by atoms with van der Waals surface area (Å²) in [5, 5.41) is 23.1. The highest BCUT2D eigenvalue weighted by molar-refractivity contribution is 5.86. The van der Waals surface area contributed by atoms with Crippen LogP contribution in [0.3, 0.4) is 0 Å². The molecule has 0 saturated carbocycles. The first-order chi connectivity index (χ1) is 23.1. The molecule has 1 saturated heterocycles. The minimum Gasteiger partial charge on any atom is -0.457 e. The Hall–Kier alpha value is -3.62. The van der Waals surface area contributed by atoms with Crippen molar-refractivity contribution in [2.75, 3.05) is 13.2 Å². The highest BCUT2D eigenvalue weighted by atomic mass is 16.7. The first kappa shape index (κ1) is 36.7. The van der Waals surface area contributed by atoms with Crippen LogP contribution in [0, 0.1) is 23.7 Å². The lowest BCUT2D eigenvalue weighted by Gasteiger charge is -2.41. The second-order valence-electron chi connectivity index (χ2n) is 14.0. The molecule has 5 rings (SSSR count). The molecule has 4 heterocycles. The fourth-order valence-corrected chi connectivity index (χ4v) is 7.25. The highest BCUT2D eigenvalue weighted by Gasteiger charge is 2.53. The van der Waals surface area contributed by atoms with E-state index in [0.717, 1.165) is 12.0 Å². The van der Waals surface area contributed by atoms with Gasteiger partial charge in [0.1, 0.15) is 17.8 Å². The Balaban J connectivity index is 1.45. The SMILES string of the molecule is CC(=O)O[C@H]1[C@@H](OC/C2=C/[C@@H]3[C@@H](C(C)C)CC=C(C)[C@@H]3C[C@H](OC(=O)/C=C/c3cn(C)cn3)[C@]3(C)C=C[C@@]2(O)O3)OC[C@H](OC(C)=O)[C@@H]1O. The Kier molecular flexibility index (Phi) is 11.0. The normalized spacial score (nSPS) is 36.9. The molecule has 0 spiro atoms. The van der Waals surface area contributed by atoms with Gasteiger partial charge in [-0.15, -0.1) is 0 Å². The number of nitrogens with zero attached hydrogens (tertiary/aromatic N) is 2. The number of hydrogen-bond donors (Lipinski definition) is 2. The zero-order chi connectivity index (χ0) is 35.7. The molecule has 1 aromatic rings. The topological polar surface area (TPSA) is 165 Å². The van der Waals surface area contributed by atoms with Crippen molar-refractivity contribution in [2.24, 2.45) is 30.7 Å². The van der Waals surface area contributed by atoms with Gasteiger partial charge >= 0.3 is 17.9 Å². The lowest BCUT2D eigenvalue weighted by molar-refractivity contribution is -0.278. The van der Waals surface area contributed by atoms with Crippen molar-refractivity contribution >= 4 is 24.0 Å². The standard InChI is InChI=1S/C36H48N2O11/c1-20(2)26-10-8-21(3)27-15-30(48-31(41)11-9-25-16-38(7)19-37-25)35(6)12-13-36(43,49-35)24(14-28(26)27)17-44-34-33(47-23(5)40)32(42)29(18-45-34)46-22(4)39/h8-9,11-14,16,19-20,26-30,32-34,42-43H,10,15,17-18H2,1-7H3/b11-9+,24-14-/t26-,27+,28-,29+,30+,32+,33-,34+,35+,36-/m1/s1. The summed E-state index contributed by atoms with van der Waals surface area (Å²) in [5.41, 5.74) is 0.924. The van der Waals surface area contributed by atoms with Gasteiger partial charge in [0.2, 0.25) is 5.79 Å². The molecule has 268 valence electrons. The predicted molar refractivity (Wildman–Crippen MR) is 175 cm³/mol. The molecule has 2 N–H and O–H groups in total. The van der Waals surface area contributed by atoms with E-state index in [-0.39, 0.29) is 36.9 Å². The zero-order valence-electron chi connectivity index (χ0n) is 29.1. The van der Waals surface area contributed by atoms with Crippen molar-refractivity contribution < 1.29 is 53.0 Å². The summed E-state index contributed by atoms with van der Waals surface area (Å²) in [4.78, 5) is 41.0. The van der Waals surface area contributed by atoms with Crippen LogP contribution in [0.25, 0.3) is 6.08 Å². The molecule has 13 nitrogen and oxygen atoms in total. The Morgan fingerprint density at radius 2 is 1.90 bits per heavy atom. The number of aryl methyl sites for hydroxylation is 1. The maximum absolute atomic E-state index is 13.2. The van der Waals surface area contributed by atoms with Gasteiger partial charge in [-0.05, 0) is 68.6 Å². The van der Waals surface area contributed by atoms with E-state index in [2.05, 4.69) is 31.8 Å². The molecule has 10 atom stereocenters. The van der Waals surface area contributed by atoms with E-state index >= 15 is 0 Å². The molecule has 3 aliphatic heterocycles. The van der Waals surface area contributed by atoms with E-state index in [4.69, 9.17) is 28.4 Å². The van der Waals surface area contributed by atoms with Gasteiger partial charge in [-0.25, -0.2) is 9.78 Å². The number of imidazole rings is 1. The zero-order valence-corrected chi connectivity index (χ0v) is 29.1. The van der Waals surface area contributed by atoms with E-state index in [1.54, 1.807) is 36.2 Å². The van der Waals surface area contributed by atoms with Gasteiger partial charge in [0.05, 0.1) is 25.2 Å². The Bertz CT molecular complexity index is 1530. The van der Waals surface area contributed by atoms with Gasteiger partial charge in [-0.1, -0.05) is 31.6 Å². The smallest absolute Gasteiger partial charge is 0.331 e. The highest BCUT2D eigenvalue weighted by Crippen LogP contribution is 2.49. The van der Waals surface area contributed by atoms with Crippen molar-refractivity contribution in [3.05, 3.63) is 59.7 Å². The second-order valence-corrected chi connectivity index (χ2v) is 14.0. The first-order valence-corrected chi connectivity index (χ1v) is 16.7. The van der Waals surface area contributed by atoms with Crippen molar-refractivity contribution in [3.63, 3.8) is 0 Å². The van der Waals surface area contributed by atoms with Crippen molar-refractivity contribution in [1.82, 2.24) is 9.55 Å². The minimum absolute atomic E-state index is 0.0588. The summed E-state index contributed by atoms with van der Waals surface area (Å²) in [6.45, 7) is 10.1. The molecule has 4 aliphatic rings. The van der Waals surface area contributed by atoms with Crippen LogP contribution in [0.4, 0.5) is 0 Å². The summed E-state index contributed by atoms with van der Waals surface area (Å²) in [7, 11) is 1.84. The van der Waals surface area contributed by atoms with Crippen molar-refractivity contribution in [3.8, 4) is 0 Å². The van der Waals surface area contributed by atoms with Crippen LogP contribution >= 0.6 is 0 Å². The number of aliphatic hydroxyl groups excluding tert-OH is 1. The number of aliphatic hydroxyl groups is 2. The molecule has 49 heavy (non-hydrogen) atoms. The van der Waals surface area contributed by atoms with Gasteiger partial charge in [0, 0.05) is 38.7 Å². The summed E-state index contributed by atoms with van der Waals surface area (Å²) in [6.07, 6.45) is 9.25. The number of rotatable bonds is 9. The van der Waals surface area contributed by atoms with E-state index < -0.39 is 60.0 Å². The molecular weight excluding hydrogens is 636 g/mol. The van der Waals surface area contributed by atoms with Crippen LogP contribution in [-0.2, 0) is 49.9 Å². The number of carbonyl (C=O) groups is 3. The lowest BCUT2D eigenvalue weighted by atomic mass is 9.65. The van der Waals surface area contributed by atoms with Crippen LogP contribution in [0.5, 0.6) is 0 Å². The largest absolute Gasteiger partial charge is 0.457 e. The van der Waals surface area contributed by atoms with E-state index in [0.29, 0.717) is 17.7 Å². The van der Waals surface area contributed by atoms with E-state index in [1.165, 1.54) is 26.0 Å². The molecule has 0 aromatic carbocycles. The molecule has 2 bridgehead atoms. The van der Waals surface area contributed by atoms with E-state index in [9.17, 15) is 24.6 Å². The van der Waals surface area contributed by atoms with Crippen LogP contribution < -0.4 is 0 Å². The minimum atomic E-state index is -1.95. The molecule has 0 radical (unpaired) electrons. The molecular formula is C36H48N2O11. The first-order valence-electron chi connectivity index (χ1n) is 16.7. The number of hydrogen-bond acceptors (Lipinski definition) is 12. The quantitative estimate of drug-likeness (QED) is 0.169. The molecule has 0 amide bonds. The van der Waals surface area contributed by atoms with Crippen LogP contribution in [0.2, 0.25) is 0 Å². The number of aromatic nitrogens is 2. The molecule has 1 aliphatic carbocycles. The third-order valence-electron chi connectivity index (χ3n) is 9.90. The molecule has 0 unspecified atom stereocenters. The van der Waals surface area contributed by atoms with Gasteiger partial charge < -0.3 is 43.2 Å². The average molecular weight is 685 g/mol. The predicted octanol–water partition coefficient (Wildman–Crippen LogP) is 3.16. The number of fused-ring (bicyclic) bond motifs is 3. The van der Waals surface area contributed by atoms with Crippen LogP contribution in [0.15, 0.2) is 54.1 Å². The number of allylic oxidation sites excluding steroid dienone is 3. The summed E-state index contributed by atoms with van der Waals surface area (Å²) in [5.74, 6) is -3.51. The third-order valence-corrected chi connectivity index (χ3v) is 9.90. The number of ether oxygens (including phenoxy) is 6. The Morgan fingerprint density at radius 1 is 1.16 bits per heavy atom. The van der Waals surface area contributed by atoms with Gasteiger partial charge in [-0.2, -0.15) is 0 Å². The van der Waals surface area contributed by atoms with E-state index in [1.807, 2.05) is 13.1 Å². The second kappa shape index (κ2) is 14.7. The average Bonchev–Trinajstić information content (AvgIpc) is 3.60. The maximum Gasteiger partial charge on any atom is 0.331 e. The fraction of sp³-hybridized carbons (Fsp3) is 0.611. The summed E-state index contributed by atoms with van der Waals surface area (Å²) >= 11 is 0. The van der Waals surface area contributed by atoms with Gasteiger partial charge in [0.15, 0.2) is 18.5 Å². The number of esters is 3. The Labute approximate surface area is 286 Å². The Morgan fingerprint density at radius 3 is 2.55 bits per heavy atom. The monoisotopic (exact) mass is 684 g/mol. The molecule has 1 fully saturated rings. The van der Waals surface area contributed by atoms with Crippen LogP contribution in [-0.4, -0.2) is 93.0 Å². The van der Waals surface area contributed by atoms with Crippen molar-refractivity contribution in [2.45, 2.75) is 96.5 Å². The maximum atomic E-state index is 13.2. The molecule has 13 heteroatoms.